The molecule has 0 radical (unpaired) electrons. The van der Waals surface area contributed by atoms with Gasteiger partial charge in [-0.2, -0.15) is 0 Å². The number of primary amides is 1. The lowest BCUT2D eigenvalue weighted by Gasteiger charge is -2.04. The molecule has 0 spiro atoms. The van der Waals surface area contributed by atoms with Crippen LogP contribution in [0.15, 0.2) is 12.1 Å². The van der Waals surface area contributed by atoms with Gasteiger partial charge in [-0.05, 0) is 25.0 Å². The van der Waals surface area contributed by atoms with Gasteiger partial charge in [-0.1, -0.05) is 13.8 Å². The average molecular weight is 178 g/mol. The Bertz CT molecular complexity index is 321. The van der Waals surface area contributed by atoms with Gasteiger partial charge in [-0.25, -0.2) is 0 Å². The van der Waals surface area contributed by atoms with E-state index in [4.69, 9.17) is 5.73 Å². The molecule has 1 amide bonds. The fourth-order valence-electron chi connectivity index (χ4n) is 1.24. The predicted octanol–water partition coefficient (Wildman–Crippen LogP) is 1.31. The van der Waals surface area contributed by atoms with Crippen molar-refractivity contribution in [3.05, 3.63) is 29.1 Å². The Kier molecular flexibility index (Phi) is 3.01. The smallest absolute Gasteiger partial charge is 0.250 e. The van der Waals surface area contributed by atoms with Crippen LogP contribution in [-0.4, -0.2) is 10.9 Å². The number of amides is 1. The lowest BCUT2D eigenvalue weighted by Crippen LogP contribution is -2.15. The monoisotopic (exact) mass is 178 g/mol. The standard InChI is InChI=1S/C10H14N2O/c1-3-7-5-6-8(10(11)13)9(4-2)12-7/h5-6H,3-4H2,1-2H3,(H2,11,13). The van der Waals surface area contributed by atoms with Gasteiger partial charge in [-0.3, -0.25) is 9.78 Å². The van der Waals surface area contributed by atoms with Crippen LogP contribution < -0.4 is 5.73 Å². The van der Waals surface area contributed by atoms with E-state index >= 15 is 0 Å². The van der Waals surface area contributed by atoms with E-state index in [1.807, 2.05) is 19.9 Å². The second-order valence-corrected chi connectivity index (χ2v) is 2.87. The van der Waals surface area contributed by atoms with Gasteiger partial charge < -0.3 is 5.73 Å². The highest BCUT2D eigenvalue weighted by atomic mass is 16.1. The molecule has 13 heavy (non-hydrogen) atoms. The first-order valence-electron chi connectivity index (χ1n) is 4.47. The summed E-state index contributed by atoms with van der Waals surface area (Å²) >= 11 is 0. The van der Waals surface area contributed by atoms with Gasteiger partial charge in [0.05, 0.1) is 11.3 Å². The second kappa shape index (κ2) is 4.03. The maximum Gasteiger partial charge on any atom is 0.250 e. The summed E-state index contributed by atoms with van der Waals surface area (Å²) in [6.07, 6.45) is 1.62. The van der Waals surface area contributed by atoms with E-state index in [2.05, 4.69) is 4.98 Å². The van der Waals surface area contributed by atoms with Crippen molar-refractivity contribution in [2.75, 3.05) is 0 Å². The first-order chi connectivity index (χ1) is 6.19. The first-order valence-corrected chi connectivity index (χ1v) is 4.47. The van der Waals surface area contributed by atoms with Gasteiger partial charge >= 0.3 is 0 Å². The third-order valence-corrected chi connectivity index (χ3v) is 1.99. The number of hydrogen-bond donors (Lipinski definition) is 1. The van der Waals surface area contributed by atoms with Crippen LogP contribution in [0.25, 0.3) is 0 Å². The molecular weight excluding hydrogens is 164 g/mol. The van der Waals surface area contributed by atoms with E-state index in [0.29, 0.717) is 5.56 Å². The lowest BCUT2D eigenvalue weighted by molar-refractivity contribution is 0.0999. The van der Waals surface area contributed by atoms with Crippen molar-refractivity contribution in [2.45, 2.75) is 26.7 Å². The minimum absolute atomic E-state index is 0.396. The molecule has 3 nitrogen and oxygen atoms in total. The van der Waals surface area contributed by atoms with Gasteiger partial charge in [-0.15, -0.1) is 0 Å². The third-order valence-electron chi connectivity index (χ3n) is 1.99. The minimum Gasteiger partial charge on any atom is -0.366 e. The first kappa shape index (κ1) is 9.71. The molecular formula is C10H14N2O. The van der Waals surface area contributed by atoms with E-state index in [0.717, 1.165) is 24.2 Å². The van der Waals surface area contributed by atoms with Crippen LogP contribution in [0.4, 0.5) is 0 Å². The van der Waals surface area contributed by atoms with Crippen molar-refractivity contribution >= 4 is 5.91 Å². The van der Waals surface area contributed by atoms with Gasteiger partial charge in [0.25, 0.3) is 5.91 Å². The van der Waals surface area contributed by atoms with E-state index < -0.39 is 5.91 Å². The van der Waals surface area contributed by atoms with Crippen molar-refractivity contribution in [2.24, 2.45) is 5.73 Å². The normalized spacial score (nSPS) is 10.0. The molecule has 0 aromatic carbocycles. The quantitative estimate of drug-likeness (QED) is 0.758. The summed E-state index contributed by atoms with van der Waals surface area (Å²) in [5, 5.41) is 0. The molecule has 1 heterocycles. The largest absolute Gasteiger partial charge is 0.366 e. The number of rotatable bonds is 3. The van der Waals surface area contributed by atoms with Crippen LogP contribution >= 0.6 is 0 Å². The maximum atomic E-state index is 11.0. The van der Waals surface area contributed by atoms with Gasteiger partial charge in [0, 0.05) is 5.69 Å². The number of hydrogen-bond acceptors (Lipinski definition) is 2. The summed E-state index contributed by atoms with van der Waals surface area (Å²) in [6, 6.07) is 3.60. The fraction of sp³-hybridized carbons (Fsp3) is 0.400. The number of nitrogens with zero attached hydrogens (tertiary/aromatic N) is 1. The summed E-state index contributed by atoms with van der Waals surface area (Å²) in [5.41, 5.74) is 7.54. The van der Waals surface area contributed by atoms with Crippen LogP contribution in [0.1, 0.15) is 35.6 Å². The van der Waals surface area contributed by atoms with E-state index in [9.17, 15) is 4.79 Å². The summed E-state index contributed by atoms with van der Waals surface area (Å²) in [4.78, 5) is 15.3. The van der Waals surface area contributed by atoms with Gasteiger partial charge in [0.1, 0.15) is 0 Å². The summed E-state index contributed by atoms with van der Waals surface area (Å²) in [5.74, 6) is -0.396. The zero-order valence-corrected chi connectivity index (χ0v) is 8.00. The average Bonchev–Trinajstić information content (AvgIpc) is 2.16. The zero-order valence-electron chi connectivity index (χ0n) is 8.00. The van der Waals surface area contributed by atoms with Crippen LogP contribution in [0.5, 0.6) is 0 Å². The third kappa shape index (κ3) is 2.05. The SMILES string of the molecule is CCc1ccc(C(N)=O)c(CC)n1. The number of aromatic nitrogens is 1. The molecule has 1 rings (SSSR count). The Hall–Kier alpha value is -1.38. The molecule has 0 unspecified atom stereocenters. The lowest BCUT2D eigenvalue weighted by atomic mass is 10.1. The Balaban J connectivity index is 3.15. The minimum atomic E-state index is -0.396. The summed E-state index contributed by atoms with van der Waals surface area (Å²) in [7, 11) is 0. The molecule has 2 N–H and O–H groups in total. The van der Waals surface area contributed by atoms with Crippen molar-refractivity contribution < 1.29 is 4.79 Å². The highest BCUT2D eigenvalue weighted by Crippen LogP contribution is 2.08. The van der Waals surface area contributed by atoms with Crippen molar-refractivity contribution in [3.8, 4) is 0 Å². The maximum absolute atomic E-state index is 11.0. The molecule has 3 heteroatoms. The van der Waals surface area contributed by atoms with Crippen LogP contribution in [0.2, 0.25) is 0 Å². The van der Waals surface area contributed by atoms with E-state index in [1.54, 1.807) is 6.07 Å². The number of nitrogens with two attached hydrogens (primary N) is 1. The fourth-order valence-corrected chi connectivity index (χ4v) is 1.24. The molecule has 0 aliphatic carbocycles. The van der Waals surface area contributed by atoms with Gasteiger partial charge in [0.2, 0.25) is 0 Å². The van der Waals surface area contributed by atoms with Crippen LogP contribution in [0.3, 0.4) is 0 Å². The molecule has 0 atom stereocenters. The number of carbonyl (C=O) groups is 1. The Morgan fingerprint density at radius 3 is 2.54 bits per heavy atom. The molecule has 0 fully saturated rings. The predicted molar refractivity (Wildman–Crippen MR) is 51.5 cm³/mol. The van der Waals surface area contributed by atoms with E-state index in [1.165, 1.54) is 0 Å². The molecule has 1 aromatic rings. The van der Waals surface area contributed by atoms with Gasteiger partial charge in [0.15, 0.2) is 0 Å². The second-order valence-electron chi connectivity index (χ2n) is 2.87. The highest BCUT2D eigenvalue weighted by Gasteiger charge is 2.07. The number of carbonyl (C=O) groups excluding carboxylic acids is 1. The molecule has 0 saturated heterocycles. The molecule has 0 bridgehead atoms. The molecule has 0 aliphatic rings. The molecule has 1 aromatic heterocycles. The van der Waals surface area contributed by atoms with Crippen LogP contribution in [-0.2, 0) is 12.8 Å². The Morgan fingerprint density at radius 1 is 1.38 bits per heavy atom. The van der Waals surface area contributed by atoms with Crippen molar-refractivity contribution in [1.29, 1.82) is 0 Å². The Morgan fingerprint density at radius 2 is 2.08 bits per heavy atom. The van der Waals surface area contributed by atoms with E-state index in [-0.39, 0.29) is 0 Å². The van der Waals surface area contributed by atoms with Crippen molar-refractivity contribution in [3.63, 3.8) is 0 Å². The summed E-state index contributed by atoms with van der Waals surface area (Å²) < 4.78 is 0. The molecule has 0 aliphatic heterocycles. The zero-order chi connectivity index (χ0) is 9.84. The van der Waals surface area contributed by atoms with Crippen LogP contribution in [0, 0.1) is 0 Å². The number of aryl methyl sites for hydroxylation is 2. The molecule has 70 valence electrons. The Labute approximate surface area is 78.0 Å². The highest BCUT2D eigenvalue weighted by molar-refractivity contribution is 5.93. The van der Waals surface area contributed by atoms with Crippen molar-refractivity contribution in [1.82, 2.24) is 4.98 Å². The molecule has 0 saturated carbocycles. The summed E-state index contributed by atoms with van der Waals surface area (Å²) in [6.45, 7) is 4.00. The number of pyridine rings is 1. The topological polar surface area (TPSA) is 56.0 Å².